The highest BCUT2D eigenvalue weighted by atomic mass is 16.5. The summed E-state index contributed by atoms with van der Waals surface area (Å²) in [7, 11) is 1.63. The monoisotopic (exact) mass is 361 g/mol. The van der Waals surface area contributed by atoms with Crippen LogP contribution in [0.15, 0.2) is 23.1 Å². The fraction of sp³-hybridized carbons (Fsp3) is 0.632. The molecule has 1 aromatic rings. The smallest absolute Gasteiger partial charge is 0.250 e. The van der Waals surface area contributed by atoms with E-state index < -0.39 is 6.04 Å². The average Bonchev–Trinajstić information content (AvgIpc) is 2.62. The van der Waals surface area contributed by atoms with Crippen LogP contribution in [0.25, 0.3) is 0 Å². The highest BCUT2D eigenvalue weighted by Crippen LogP contribution is 2.27. The molecule has 1 saturated heterocycles. The number of hydrogen-bond acceptors (Lipinski definition) is 4. The molecule has 1 N–H and O–H groups in total. The van der Waals surface area contributed by atoms with Crippen LogP contribution in [0.5, 0.6) is 0 Å². The first-order valence-corrected chi connectivity index (χ1v) is 9.34. The highest BCUT2D eigenvalue weighted by molar-refractivity contribution is 5.98. The third-order valence-electron chi connectivity index (χ3n) is 5.37. The third kappa shape index (κ3) is 4.15. The lowest BCUT2D eigenvalue weighted by molar-refractivity contribution is -0.161. The zero-order chi connectivity index (χ0) is 18.7. The van der Waals surface area contributed by atoms with Gasteiger partial charge in [-0.3, -0.25) is 14.4 Å². The fourth-order valence-corrected chi connectivity index (χ4v) is 3.89. The summed E-state index contributed by atoms with van der Waals surface area (Å²) in [5.74, 6) is 0.0418. The maximum Gasteiger partial charge on any atom is 0.250 e. The van der Waals surface area contributed by atoms with Crippen LogP contribution in [-0.2, 0) is 21.4 Å². The van der Waals surface area contributed by atoms with E-state index in [-0.39, 0.29) is 30.1 Å². The van der Waals surface area contributed by atoms with Crippen molar-refractivity contribution in [1.29, 1.82) is 0 Å². The summed E-state index contributed by atoms with van der Waals surface area (Å²) in [6.07, 6.45) is 7.04. The largest absolute Gasteiger partial charge is 0.366 e. The van der Waals surface area contributed by atoms with Crippen LogP contribution in [0.4, 0.5) is 5.69 Å². The molecule has 1 aliphatic carbocycles. The van der Waals surface area contributed by atoms with Crippen LogP contribution in [-0.4, -0.2) is 46.6 Å². The van der Waals surface area contributed by atoms with Gasteiger partial charge < -0.3 is 19.5 Å². The van der Waals surface area contributed by atoms with Gasteiger partial charge in [0, 0.05) is 25.9 Å². The average molecular weight is 361 g/mol. The molecule has 2 amide bonds. The molecule has 0 spiro atoms. The van der Waals surface area contributed by atoms with Crippen LogP contribution in [0, 0.1) is 5.92 Å². The molecule has 0 radical (unpaired) electrons. The van der Waals surface area contributed by atoms with Gasteiger partial charge in [-0.1, -0.05) is 19.3 Å². The van der Waals surface area contributed by atoms with Gasteiger partial charge in [-0.25, -0.2) is 0 Å². The quantitative estimate of drug-likeness (QED) is 0.882. The number of carbonyl (C=O) groups excluding carboxylic acids is 2. The van der Waals surface area contributed by atoms with E-state index in [1.54, 1.807) is 24.2 Å². The van der Waals surface area contributed by atoms with E-state index in [0.717, 1.165) is 12.8 Å². The van der Waals surface area contributed by atoms with Gasteiger partial charge in [-0.2, -0.15) is 0 Å². The highest BCUT2D eigenvalue weighted by Gasteiger charge is 2.40. The normalized spacial score (nSPS) is 24.5. The molecule has 142 valence electrons. The van der Waals surface area contributed by atoms with Gasteiger partial charge in [0.05, 0.1) is 11.8 Å². The zero-order valence-electron chi connectivity index (χ0n) is 15.4. The summed E-state index contributed by atoms with van der Waals surface area (Å²) in [5.41, 5.74) is 0.381. The summed E-state index contributed by atoms with van der Waals surface area (Å²) in [4.78, 5) is 38.6. The van der Waals surface area contributed by atoms with Crippen molar-refractivity contribution in [3.63, 3.8) is 0 Å². The minimum atomic E-state index is -0.657. The predicted molar refractivity (Wildman–Crippen MR) is 97.8 cm³/mol. The van der Waals surface area contributed by atoms with E-state index in [0.29, 0.717) is 18.2 Å². The molecule has 0 aromatic carbocycles. The van der Waals surface area contributed by atoms with Crippen molar-refractivity contribution in [2.45, 2.75) is 51.2 Å². The van der Waals surface area contributed by atoms with Crippen molar-refractivity contribution in [2.75, 3.05) is 18.5 Å². The van der Waals surface area contributed by atoms with E-state index in [4.69, 9.17) is 4.74 Å². The topological polar surface area (TPSA) is 80.6 Å². The number of rotatable bonds is 4. The molecular formula is C19H27N3O4. The van der Waals surface area contributed by atoms with Crippen molar-refractivity contribution in [3.8, 4) is 0 Å². The minimum absolute atomic E-state index is 0.0253. The van der Waals surface area contributed by atoms with Gasteiger partial charge in [-0.05, 0) is 31.7 Å². The number of nitrogens with one attached hydrogen (secondary N) is 1. The maximum absolute atomic E-state index is 12.9. The van der Waals surface area contributed by atoms with Gasteiger partial charge >= 0.3 is 0 Å². The van der Waals surface area contributed by atoms with Gasteiger partial charge in [0.2, 0.25) is 17.4 Å². The first-order chi connectivity index (χ1) is 12.5. The van der Waals surface area contributed by atoms with E-state index in [1.165, 1.54) is 29.9 Å². The van der Waals surface area contributed by atoms with Gasteiger partial charge in [0.15, 0.2) is 0 Å². The molecule has 7 heteroatoms. The van der Waals surface area contributed by atoms with Crippen LogP contribution >= 0.6 is 0 Å². The molecule has 1 aliphatic heterocycles. The molecule has 2 atom stereocenters. The summed E-state index contributed by atoms with van der Waals surface area (Å²) in [6.45, 7) is 2.46. The Balaban J connectivity index is 1.75. The third-order valence-corrected chi connectivity index (χ3v) is 5.37. The molecule has 0 unspecified atom stereocenters. The second-order valence-corrected chi connectivity index (χ2v) is 7.37. The Kier molecular flexibility index (Phi) is 5.76. The lowest BCUT2D eigenvalue weighted by Gasteiger charge is -2.40. The number of ether oxygens (including phenoxy) is 1. The Morgan fingerprint density at radius 3 is 2.65 bits per heavy atom. The fourth-order valence-electron chi connectivity index (χ4n) is 3.89. The second kappa shape index (κ2) is 8.03. The Morgan fingerprint density at radius 2 is 1.96 bits per heavy atom. The molecule has 0 bridgehead atoms. The van der Waals surface area contributed by atoms with Gasteiger partial charge in [-0.15, -0.1) is 0 Å². The molecule has 1 aromatic heterocycles. The Labute approximate surface area is 153 Å². The summed E-state index contributed by atoms with van der Waals surface area (Å²) < 4.78 is 6.92. The minimum Gasteiger partial charge on any atom is -0.366 e. The maximum atomic E-state index is 12.9. The number of carbonyl (C=O) groups is 2. The first kappa shape index (κ1) is 18.6. The second-order valence-electron chi connectivity index (χ2n) is 7.37. The standard InChI is InChI=1S/C19H27N3O4/c1-13-18(19(25)20-15-8-9-16(23)21(2)11-15)22(17(24)12-26-13)10-14-6-4-3-5-7-14/h8-9,11,13-14,18H,3-7,10,12H2,1-2H3,(H,20,25)/t13-,18+/m1/s1. The van der Waals surface area contributed by atoms with Crippen LogP contribution in [0.2, 0.25) is 0 Å². The molecule has 26 heavy (non-hydrogen) atoms. The Bertz CT molecular complexity index is 724. The zero-order valence-corrected chi connectivity index (χ0v) is 15.4. The van der Waals surface area contributed by atoms with Crippen molar-refractivity contribution in [2.24, 2.45) is 13.0 Å². The summed E-state index contributed by atoms with van der Waals surface area (Å²) in [6, 6.07) is 2.32. The molecule has 3 rings (SSSR count). The van der Waals surface area contributed by atoms with Crippen molar-refractivity contribution >= 4 is 17.5 Å². The number of nitrogens with zero attached hydrogens (tertiary/aromatic N) is 2. The number of aryl methyl sites for hydroxylation is 1. The van der Waals surface area contributed by atoms with E-state index >= 15 is 0 Å². The van der Waals surface area contributed by atoms with E-state index in [9.17, 15) is 14.4 Å². The van der Waals surface area contributed by atoms with Gasteiger partial charge in [0.25, 0.3) is 0 Å². The predicted octanol–water partition coefficient (Wildman–Crippen LogP) is 1.52. The number of amides is 2. The SMILES string of the molecule is C[C@H]1OCC(=O)N(CC2CCCCC2)[C@@H]1C(=O)Nc1ccc(=O)n(C)c1. The van der Waals surface area contributed by atoms with E-state index in [1.807, 2.05) is 6.92 Å². The van der Waals surface area contributed by atoms with Crippen molar-refractivity contribution in [3.05, 3.63) is 28.7 Å². The Morgan fingerprint density at radius 1 is 1.23 bits per heavy atom. The number of aromatic nitrogens is 1. The number of pyridine rings is 1. The molecule has 2 aliphatic rings. The summed E-state index contributed by atoms with van der Waals surface area (Å²) in [5, 5.41) is 2.83. The molecule has 7 nitrogen and oxygen atoms in total. The number of anilines is 1. The molecule has 2 fully saturated rings. The van der Waals surface area contributed by atoms with Crippen LogP contribution < -0.4 is 10.9 Å². The number of morpholine rings is 1. The van der Waals surface area contributed by atoms with Crippen LogP contribution in [0.3, 0.4) is 0 Å². The lowest BCUT2D eigenvalue weighted by atomic mass is 9.88. The first-order valence-electron chi connectivity index (χ1n) is 9.34. The summed E-state index contributed by atoms with van der Waals surface area (Å²) >= 11 is 0. The van der Waals surface area contributed by atoms with E-state index in [2.05, 4.69) is 5.32 Å². The lowest BCUT2D eigenvalue weighted by Crippen LogP contribution is -2.59. The van der Waals surface area contributed by atoms with Crippen molar-refractivity contribution in [1.82, 2.24) is 9.47 Å². The number of hydrogen-bond donors (Lipinski definition) is 1. The molecule has 2 heterocycles. The van der Waals surface area contributed by atoms with Crippen LogP contribution in [0.1, 0.15) is 39.0 Å². The molecule has 1 saturated carbocycles. The molecular weight excluding hydrogens is 334 g/mol. The Hall–Kier alpha value is -2.15. The van der Waals surface area contributed by atoms with Crippen molar-refractivity contribution < 1.29 is 14.3 Å². The van der Waals surface area contributed by atoms with Gasteiger partial charge in [0.1, 0.15) is 12.6 Å².